The number of amides is 1. The van der Waals surface area contributed by atoms with Gasteiger partial charge in [0.15, 0.2) is 5.78 Å². The van der Waals surface area contributed by atoms with E-state index in [4.69, 9.17) is 0 Å². The molecule has 0 fully saturated rings. The smallest absolute Gasteiger partial charge is 0.256 e. The lowest BCUT2D eigenvalue weighted by molar-refractivity contribution is 0.101. The van der Waals surface area contributed by atoms with Crippen LogP contribution in [-0.4, -0.2) is 16.3 Å². The Balaban J connectivity index is 1.99. The van der Waals surface area contributed by atoms with Gasteiger partial charge in [0.05, 0.1) is 11.1 Å². The third-order valence-corrected chi connectivity index (χ3v) is 3.95. The number of fused-ring (bicyclic) bond motifs is 1. The van der Waals surface area contributed by atoms with Crippen LogP contribution in [0.5, 0.6) is 0 Å². The molecule has 3 aromatic rings. The van der Waals surface area contributed by atoms with Crippen LogP contribution in [0.4, 0.5) is 5.69 Å². The number of carbonyl (C=O) groups is 2. The molecule has 1 N–H and O–H groups in total. The molecule has 0 aliphatic rings. The number of para-hydroxylation sites is 1. The first-order chi connectivity index (χ1) is 11.5. The lowest BCUT2D eigenvalue weighted by Crippen LogP contribution is -2.21. The molecule has 0 aliphatic heterocycles. The Bertz CT molecular complexity index is 1000. The van der Waals surface area contributed by atoms with E-state index in [0.717, 1.165) is 0 Å². The zero-order valence-electron chi connectivity index (χ0n) is 13.4. The van der Waals surface area contributed by atoms with Crippen LogP contribution < -0.4 is 10.9 Å². The summed E-state index contributed by atoms with van der Waals surface area (Å²) in [5.41, 5.74) is 1.92. The van der Waals surface area contributed by atoms with E-state index in [1.165, 1.54) is 17.6 Å². The van der Waals surface area contributed by atoms with Gasteiger partial charge in [-0.3, -0.25) is 14.4 Å². The monoisotopic (exact) mass is 320 g/mol. The van der Waals surface area contributed by atoms with Crippen molar-refractivity contribution in [2.75, 3.05) is 5.32 Å². The Kier molecular flexibility index (Phi) is 4.00. The minimum atomic E-state index is -0.362. The van der Waals surface area contributed by atoms with E-state index in [9.17, 15) is 14.4 Å². The molecule has 24 heavy (non-hydrogen) atoms. The second-order valence-corrected chi connectivity index (χ2v) is 5.56. The summed E-state index contributed by atoms with van der Waals surface area (Å²) in [4.78, 5) is 36.0. The van der Waals surface area contributed by atoms with Crippen molar-refractivity contribution < 1.29 is 9.59 Å². The number of rotatable bonds is 3. The second-order valence-electron chi connectivity index (χ2n) is 5.56. The molecule has 0 saturated carbocycles. The molecule has 120 valence electrons. The predicted octanol–water partition coefficient (Wildman–Crippen LogP) is 2.99. The molecule has 0 unspecified atom stereocenters. The molecule has 1 aromatic heterocycles. The molecule has 1 heterocycles. The fraction of sp³-hybridized carbons (Fsp3) is 0.105. The number of benzene rings is 2. The van der Waals surface area contributed by atoms with Crippen LogP contribution >= 0.6 is 0 Å². The highest BCUT2D eigenvalue weighted by Crippen LogP contribution is 2.18. The number of carbonyl (C=O) groups excluding carboxylic acids is 2. The van der Waals surface area contributed by atoms with E-state index in [2.05, 4.69) is 5.32 Å². The van der Waals surface area contributed by atoms with Crippen LogP contribution in [0, 0.1) is 0 Å². The molecular weight excluding hydrogens is 304 g/mol. The first-order valence-electron chi connectivity index (χ1n) is 7.48. The molecule has 2 aromatic carbocycles. The van der Waals surface area contributed by atoms with Crippen LogP contribution in [-0.2, 0) is 7.05 Å². The zero-order valence-corrected chi connectivity index (χ0v) is 13.4. The summed E-state index contributed by atoms with van der Waals surface area (Å²) in [6.07, 6.45) is 0. The molecule has 0 spiro atoms. The largest absolute Gasteiger partial charge is 0.322 e. The van der Waals surface area contributed by atoms with E-state index >= 15 is 0 Å². The van der Waals surface area contributed by atoms with Crippen LogP contribution in [0.2, 0.25) is 0 Å². The minimum Gasteiger partial charge on any atom is -0.322 e. The highest BCUT2D eigenvalue weighted by atomic mass is 16.2. The van der Waals surface area contributed by atoms with E-state index in [0.29, 0.717) is 27.7 Å². The number of Topliss-reactive ketones (excluding diaryl/α,β-unsaturated/α-hetero) is 1. The molecule has 0 atom stereocenters. The third-order valence-electron chi connectivity index (χ3n) is 3.95. The highest BCUT2D eigenvalue weighted by molar-refractivity contribution is 6.12. The molecule has 0 radical (unpaired) electrons. The quantitative estimate of drug-likeness (QED) is 0.754. The average molecular weight is 320 g/mol. The number of hydrogen-bond donors (Lipinski definition) is 1. The summed E-state index contributed by atoms with van der Waals surface area (Å²) in [6.45, 7) is 1.49. The molecule has 0 bridgehead atoms. The van der Waals surface area contributed by atoms with Gasteiger partial charge in [-0.2, -0.15) is 0 Å². The van der Waals surface area contributed by atoms with E-state index in [1.807, 2.05) is 18.2 Å². The van der Waals surface area contributed by atoms with Gasteiger partial charge in [-0.05, 0) is 37.3 Å². The van der Waals surface area contributed by atoms with Gasteiger partial charge >= 0.3 is 0 Å². The van der Waals surface area contributed by atoms with Crippen molar-refractivity contribution in [3.05, 3.63) is 76.1 Å². The minimum absolute atomic E-state index is 0.0366. The van der Waals surface area contributed by atoms with Gasteiger partial charge < -0.3 is 9.88 Å². The lowest BCUT2D eigenvalue weighted by Gasteiger charge is -2.10. The molecule has 0 saturated heterocycles. The Labute approximate surface area is 138 Å². The number of nitrogens with one attached hydrogen (secondary N) is 1. The van der Waals surface area contributed by atoms with Crippen LogP contribution in [0.3, 0.4) is 0 Å². The number of anilines is 1. The number of ketones is 1. The number of aryl methyl sites for hydroxylation is 1. The summed E-state index contributed by atoms with van der Waals surface area (Å²) in [5, 5.41) is 3.47. The summed E-state index contributed by atoms with van der Waals surface area (Å²) in [7, 11) is 1.67. The fourth-order valence-corrected chi connectivity index (χ4v) is 2.59. The summed E-state index contributed by atoms with van der Waals surface area (Å²) < 4.78 is 1.51. The van der Waals surface area contributed by atoms with Gasteiger partial charge in [0.1, 0.15) is 0 Å². The molecule has 5 heteroatoms. The van der Waals surface area contributed by atoms with Crippen LogP contribution in [0.1, 0.15) is 27.6 Å². The van der Waals surface area contributed by atoms with Crippen molar-refractivity contribution in [2.24, 2.45) is 7.05 Å². The van der Waals surface area contributed by atoms with Crippen molar-refractivity contribution in [1.29, 1.82) is 0 Å². The molecule has 0 aliphatic carbocycles. The number of hydrogen-bond acceptors (Lipinski definition) is 3. The number of aromatic nitrogens is 1. The zero-order chi connectivity index (χ0) is 17.3. The normalized spacial score (nSPS) is 10.6. The van der Waals surface area contributed by atoms with Crippen LogP contribution in [0.15, 0.2) is 59.4 Å². The first kappa shape index (κ1) is 15.7. The number of nitrogens with zero attached hydrogens (tertiary/aromatic N) is 1. The highest BCUT2D eigenvalue weighted by Gasteiger charge is 2.13. The Morgan fingerprint density at radius 1 is 1.00 bits per heavy atom. The maximum Gasteiger partial charge on any atom is 0.256 e. The van der Waals surface area contributed by atoms with E-state index in [1.54, 1.807) is 37.4 Å². The van der Waals surface area contributed by atoms with E-state index in [-0.39, 0.29) is 17.2 Å². The van der Waals surface area contributed by atoms with Gasteiger partial charge in [-0.25, -0.2) is 0 Å². The van der Waals surface area contributed by atoms with E-state index < -0.39 is 0 Å². The molecule has 3 rings (SSSR count). The van der Waals surface area contributed by atoms with Crippen molar-refractivity contribution in [3.63, 3.8) is 0 Å². The Morgan fingerprint density at radius 2 is 1.67 bits per heavy atom. The van der Waals surface area contributed by atoms with Crippen molar-refractivity contribution >= 4 is 28.3 Å². The predicted molar refractivity (Wildman–Crippen MR) is 93.6 cm³/mol. The maximum atomic E-state index is 12.6. The molecule has 1 amide bonds. The van der Waals surface area contributed by atoms with Crippen molar-refractivity contribution in [2.45, 2.75) is 6.92 Å². The fourth-order valence-electron chi connectivity index (χ4n) is 2.59. The number of pyridine rings is 1. The standard InChI is InChI=1S/C19H16N2O3/c1-12(22)13-7-9-14(10-8-13)20-19(24)16-11-18(23)21(2)17-6-4-3-5-15(16)17/h3-11H,1-2H3,(H,20,24). The van der Waals surface area contributed by atoms with Gasteiger partial charge in [0.25, 0.3) is 11.5 Å². The van der Waals surface area contributed by atoms with Gasteiger partial charge in [0.2, 0.25) is 0 Å². The van der Waals surface area contributed by atoms with Gasteiger partial charge in [0, 0.05) is 29.8 Å². The SMILES string of the molecule is CC(=O)c1ccc(NC(=O)c2cc(=O)n(C)c3ccccc23)cc1. The van der Waals surface area contributed by atoms with Gasteiger partial charge in [-0.1, -0.05) is 18.2 Å². The maximum absolute atomic E-state index is 12.6. The topological polar surface area (TPSA) is 68.2 Å². The van der Waals surface area contributed by atoms with Crippen LogP contribution in [0.25, 0.3) is 10.9 Å². The van der Waals surface area contributed by atoms with Crippen molar-refractivity contribution in [3.8, 4) is 0 Å². The van der Waals surface area contributed by atoms with Crippen molar-refractivity contribution in [1.82, 2.24) is 4.57 Å². The molecule has 5 nitrogen and oxygen atoms in total. The average Bonchev–Trinajstić information content (AvgIpc) is 2.58. The Morgan fingerprint density at radius 3 is 2.33 bits per heavy atom. The summed E-state index contributed by atoms with van der Waals surface area (Å²) in [5.74, 6) is -0.398. The third kappa shape index (κ3) is 2.84. The summed E-state index contributed by atoms with van der Waals surface area (Å²) in [6, 6.07) is 15.2. The first-order valence-corrected chi connectivity index (χ1v) is 7.48. The van der Waals surface area contributed by atoms with Gasteiger partial charge in [-0.15, -0.1) is 0 Å². The summed E-state index contributed by atoms with van der Waals surface area (Å²) >= 11 is 0. The molecular formula is C19H16N2O3. The Hall–Kier alpha value is -3.21. The lowest BCUT2D eigenvalue weighted by atomic mass is 10.1. The second kappa shape index (κ2) is 6.12.